The van der Waals surface area contributed by atoms with Gasteiger partial charge in [0, 0.05) is 11.1 Å². The Morgan fingerprint density at radius 1 is 1.07 bits per heavy atom. The summed E-state index contributed by atoms with van der Waals surface area (Å²) in [6.45, 7) is 5.80. The van der Waals surface area contributed by atoms with Gasteiger partial charge in [0.1, 0.15) is 10.4 Å². The molecule has 0 bridgehead atoms. The first-order valence-corrected chi connectivity index (χ1v) is 10.4. The van der Waals surface area contributed by atoms with Crippen LogP contribution in [-0.2, 0) is 10.3 Å². The van der Waals surface area contributed by atoms with E-state index in [9.17, 15) is 9.59 Å². The van der Waals surface area contributed by atoms with Gasteiger partial charge in [-0.25, -0.2) is 0 Å². The van der Waals surface area contributed by atoms with E-state index >= 15 is 0 Å². The van der Waals surface area contributed by atoms with E-state index in [1.54, 1.807) is 12.0 Å². The molecule has 1 aromatic heterocycles. The number of ether oxygens (including phenoxy) is 1. The van der Waals surface area contributed by atoms with Crippen LogP contribution in [0.25, 0.3) is 16.8 Å². The summed E-state index contributed by atoms with van der Waals surface area (Å²) in [7, 11) is 1.63. The third kappa shape index (κ3) is 2.17. The number of hydrogen-bond donors (Lipinski definition) is 0. The summed E-state index contributed by atoms with van der Waals surface area (Å²) in [5.74, 6) is -0.194. The van der Waals surface area contributed by atoms with E-state index in [4.69, 9.17) is 17.0 Å². The number of aromatic nitrogens is 1. The molecule has 0 atom stereocenters. The molecule has 29 heavy (non-hydrogen) atoms. The molecule has 146 valence electrons. The normalized spacial score (nSPS) is 16.1. The Kier molecular flexibility index (Phi) is 3.70. The summed E-state index contributed by atoms with van der Waals surface area (Å²) in [5, 5.41) is 0. The molecule has 3 heterocycles. The topological polar surface area (TPSA) is 51.5 Å². The van der Waals surface area contributed by atoms with Gasteiger partial charge in [0.2, 0.25) is 0 Å². The number of para-hydroxylation sites is 2. The molecule has 0 radical (unpaired) electrons. The van der Waals surface area contributed by atoms with Crippen molar-refractivity contribution in [1.29, 1.82) is 0 Å². The van der Waals surface area contributed by atoms with Crippen molar-refractivity contribution in [2.45, 2.75) is 26.3 Å². The first-order chi connectivity index (χ1) is 13.8. The molecule has 5 rings (SSSR count). The van der Waals surface area contributed by atoms with E-state index in [0.717, 1.165) is 33.0 Å². The molecule has 1 amide bonds. The molecule has 0 aliphatic carbocycles. The molecule has 0 N–H and O–H groups in total. The third-order valence-electron chi connectivity index (χ3n) is 5.73. The van der Waals surface area contributed by atoms with Crippen LogP contribution in [0, 0.1) is 11.6 Å². The molecule has 0 spiro atoms. The maximum absolute atomic E-state index is 12.9. The van der Waals surface area contributed by atoms with Gasteiger partial charge in [0.25, 0.3) is 11.7 Å². The zero-order valence-electron chi connectivity index (χ0n) is 16.4. The number of benzene rings is 2. The highest BCUT2D eigenvalue weighted by Crippen LogP contribution is 2.55. The van der Waals surface area contributed by atoms with Crippen molar-refractivity contribution in [3.63, 3.8) is 0 Å². The Labute approximate surface area is 177 Å². The molecular formula is C22H18N2O3S2. The Morgan fingerprint density at radius 3 is 2.52 bits per heavy atom. The van der Waals surface area contributed by atoms with Crippen LogP contribution in [0.15, 0.2) is 36.4 Å². The van der Waals surface area contributed by atoms with Gasteiger partial charge in [-0.2, -0.15) is 0 Å². The Bertz CT molecular complexity index is 1300. The van der Waals surface area contributed by atoms with Gasteiger partial charge in [0.15, 0.2) is 0 Å². The van der Waals surface area contributed by atoms with Crippen molar-refractivity contribution in [2.75, 3.05) is 12.0 Å². The summed E-state index contributed by atoms with van der Waals surface area (Å²) in [6, 6.07) is 11.6. The fourth-order valence-corrected chi connectivity index (χ4v) is 6.05. The van der Waals surface area contributed by atoms with Crippen LogP contribution in [0.4, 0.5) is 5.69 Å². The van der Waals surface area contributed by atoms with E-state index in [-0.39, 0.29) is 0 Å². The second-order valence-electron chi connectivity index (χ2n) is 7.75. The predicted octanol–water partition coefficient (Wildman–Crippen LogP) is 5.03. The molecule has 0 unspecified atom stereocenters. The first kappa shape index (κ1) is 18.3. The molecule has 0 saturated carbocycles. The number of hydrogen-bond acceptors (Lipinski definition) is 5. The van der Waals surface area contributed by atoms with E-state index < -0.39 is 17.2 Å². The predicted molar refractivity (Wildman–Crippen MR) is 116 cm³/mol. The van der Waals surface area contributed by atoms with Gasteiger partial charge in [-0.05, 0) is 38.5 Å². The largest absolute Gasteiger partial charge is 0.495 e. The Morgan fingerprint density at radius 2 is 1.79 bits per heavy atom. The van der Waals surface area contributed by atoms with Crippen molar-refractivity contribution in [3.8, 4) is 22.6 Å². The van der Waals surface area contributed by atoms with Gasteiger partial charge in [-0.15, -0.1) is 0 Å². The highest BCUT2D eigenvalue weighted by molar-refractivity contribution is 7.71. The fraction of sp³-hybridized carbons (Fsp3) is 0.227. The lowest BCUT2D eigenvalue weighted by Crippen LogP contribution is -2.46. The van der Waals surface area contributed by atoms with Crippen molar-refractivity contribution in [2.24, 2.45) is 0 Å². The van der Waals surface area contributed by atoms with Crippen molar-refractivity contribution < 1.29 is 14.3 Å². The summed E-state index contributed by atoms with van der Waals surface area (Å²) in [6.07, 6.45) is 0. The number of fused-ring (bicyclic) bond motifs is 2. The SMILES string of the molecule is COc1ccccc1-n1sc2c(c1=S)-c1ccc(C)c3c1N(C(=O)C3=O)C2(C)C. The second-order valence-corrected chi connectivity index (χ2v) is 9.09. The maximum atomic E-state index is 12.9. The number of nitrogens with zero attached hydrogens (tertiary/aromatic N) is 2. The van der Waals surface area contributed by atoms with E-state index in [1.165, 1.54) is 11.5 Å². The minimum atomic E-state index is -0.695. The van der Waals surface area contributed by atoms with Gasteiger partial charge < -0.3 is 4.74 Å². The van der Waals surface area contributed by atoms with Crippen LogP contribution in [0.2, 0.25) is 0 Å². The molecule has 7 heteroatoms. The number of anilines is 1. The maximum Gasteiger partial charge on any atom is 0.300 e. The number of amides is 1. The monoisotopic (exact) mass is 422 g/mol. The average molecular weight is 423 g/mol. The molecule has 2 aromatic carbocycles. The Hall–Kier alpha value is -2.77. The van der Waals surface area contributed by atoms with Crippen LogP contribution in [0.5, 0.6) is 5.75 Å². The third-order valence-corrected chi connectivity index (χ3v) is 7.68. The highest BCUT2D eigenvalue weighted by atomic mass is 32.1. The van der Waals surface area contributed by atoms with Gasteiger partial charge in [-0.3, -0.25) is 18.4 Å². The molecule has 5 nitrogen and oxygen atoms in total. The van der Waals surface area contributed by atoms with E-state index in [0.29, 0.717) is 15.9 Å². The van der Waals surface area contributed by atoms with Gasteiger partial charge >= 0.3 is 0 Å². The van der Waals surface area contributed by atoms with Crippen LogP contribution in [-0.4, -0.2) is 22.8 Å². The van der Waals surface area contributed by atoms with Crippen LogP contribution >= 0.6 is 23.8 Å². The standard InChI is InChI=1S/C22H18N2O3S2/c1-11-9-10-12-16-19(22(2,3)23-17(12)15(11)18(25)20(23)26)29-24(21(16)28)13-7-5-6-8-14(13)27-4/h5-10H,1-4H3. The number of ketones is 1. The number of methoxy groups -OCH3 is 1. The molecule has 3 aromatic rings. The number of aryl methyl sites for hydroxylation is 1. The lowest BCUT2D eigenvalue weighted by Gasteiger charge is -2.39. The number of Topliss-reactive ketones (excluding diaryl/α,β-unsaturated/α-hetero) is 1. The summed E-state index contributed by atoms with van der Waals surface area (Å²) >= 11 is 7.40. The lowest BCUT2D eigenvalue weighted by atomic mass is 9.87. The zero-order chi connectivity index (χ0) is 20.7. The highest BCUT2D eigenvalue weighted by Gasteiger charge is 2.51. The lowest BCUT2D eigenvalue weighted by molar-refractivity contribution is -0.115. The molecule has 2 aliphatic heterocycles. The number of carbonyl (C=O) groups excluding carboxylic acids is 2. The van der Waals surface area contributed by atoms with Crippen LogP contribution < -0.4 is 9.64 Å². The van der Waals surface area contributed by atoms with Crippen molar-refractivity contribution in [3.05, 3.63) is 57.0 Å². The summed E-state index contributed by atoms with van der Waals surface area (Å²) in [5.41, 5.74) is 3.91. The number of rotatable bonds is 2. The Balaban J connectivity index is 1.89. The average Bonchev–Trinajstić information content (AvgIpc) is 3.18. The van der Waals surface area contributed by atoms with Crippen LogP contribution in [0.3, 0.4) is 0 Å². The molecule has 2 aliphatic rings. The van der Waals surface area contributed by atoms with E-state index in [1.807, 2.05) is 61.1 Å². The molecule has 0 fully saturated rings. The summed E-state index contributed by atoms with van der Waals surface area (Å²) < 4.78 is 8.16. The van der Waals surface area contributed by atoms with E-state index in [2.05, 4.69) is 0 Å². The minimum Gasteiger partial charge on any atom is -0.495 e. The molecular weight excluding hydrogens is 404 g/mol. The second kappa shape index (κ2) is 5.87. The zero-order valence-corrected chi connectivity index (χ0v) is 18.0. The fourth-order valence-electron chi connectivity index (χ4n) is 4.35. The quantitative estimate of drug-likeness (QED) is 0.429. The summed E-state index contributed by atoms with van der Waals surface area (Å²) in [4.78, 5) is 28.3. The number of carbonyl (C=O) groups is 2. The minimum absolute atomic E-state index is 0.439. The van der Waals surface area contributed by atoms with Crippen molar-refractivity contribution in [1.82, 2.24) is 3.96 Å². The van der Waals surface area contributed by atoms with Crippen molar-refractivity contribution >= 4 is 41.1 Å². The van der Waals surface area contributed by atoms with Gasteiger partial charge in [-0.1, -0.05) is 48.0 Å². The van der Waals surface area contributed by atoms with Crippen LogP contribution in [0.1, 0.15) is 34.6 Å². The van der Waals surface area contributed by atoms with Gasteiger partial charge in [0.05, 0.1) is 34.5 Å². The molecule has 0 saturated heterocycles. The first-order valence-electron chi connectivity index (χ1n) is 9.22. The smallest absolute Gasteiger partial charge is 0.300 e.